The highest BCUT2D eigenvalue weighted by Gasteiger charge is 2.46. The first kappa shape index (κ1) is 18.8. The van der Waals surface area contributed by atoms with E-state index in [-0.39, 0.29) is 17.9 Å². The van der Waals surface area contributed by atoms with Crippen LogP contribution in [0.4, 0.5) is 19.0 Å². The molecule has 1 aromatic heterocycles. The maximum Gasteiger partial charge on any atom is 0.410 e. The van der Waals surface area contributed by atoms with Gasteiger partial charge in [-0.1, -0.05) is 35.0 Å². The quantitative estimate of drug-likeness (QED) is 0.753. The van der Waals surface area contributed by atoms with Crippen LogP contribution in [0.3, 0.4) is 0 Å². The molecule has 0 saturated heterocycles. The normalized spacial score (nSPS) is 19.6. The Morgan fingerprint density at radius 3 is 2.69 bits per heavy atom. The molecule has 1 aliphatic heterocycles. The lowest BCUT2D eigenvalue weighted by Gasteiger charge is -2.33. The van der Waals surface area contributed by atoms with Gasteiger partial charge in [0.2, 0.25) is 0 Å². The predicted molar refractivity (Wildman–Crippen MR) is 95.1 cm³/mol. The van der Waals surface area contributed by atoms with E-state index in [0.29, 0.717) is 6.54 Å². The van der Waals surface area contributed by atoms with Crippen LogP contribution in [0, 0.1) is 0 Å². The molecule has 2 N–H and O–H groups in total. The van der Waals surface area contributed by atoms with Crippen molar-refractivity contribution < 1.29 is 18.0 Å². The smallest absolute Gasteiger partial charge is 0.363 e. The van der Waals surface area contributed by atoms with Crippen molar-refractivity contribution in [2.24, 2.45) is 0 Å². The van der Waals surface area contributed by atoms with Crippen LogP contribution in [0.2, 0.25) is 0 Å². The number of aromatic nitrogens is 2. The summed E-state index contributed by atoms with van der Waals surface area (Å²) in [5, 5.41) is 9.61. The minimum absolute atomic E-state index is 0.0216. The van der Waals surface area contributed by atoms with Crippen LogP contribution in [-0.4, -0.2) is 28.4 Å². The van der Waals surface area contributed by atoms with Crippen molar-refractivity contribution in [3.63, 3.8) is 0 Å². The van der Waals surface area contributed by atoms with Gasteiger partial charge in [-0.3, -0.25) is 4.79 Å². The SMILES string of the molecule is CCCNC(=O)c1cc2n(n1)[C@H](C(F)(F)F)C[C@H](c1ccc(Br)cc1)N2. The number of hydrogen-bond donors (Lipinski definition) is 2. The molecule has 1 aromatic carbocycles. The van der Waals surface area contributed by atoms with Gasteiger partial charge in [-0.05, 0) is 24.1 Å². The van der Waals surface area contributed by atoms with E-state index in [0.717, 1.165) is 21.1 Å². The third kappa shape index (κ3) is 3.87. The standard InChI is InChI=1S/C17H18BrF3N4O/c1-2-7-22-16(26)13-9-15-23-12(10-3-5-11(18)6-4-10)8-14(17(19,20)21)25(15)24-13/h3-6,9,12,14,23H,2,7-8H2,1H3,(H,22,26)/t12-,14+/m1/s1. The van der Waals surface area contributed by atoms with Crippen LogP contribution in [0.1, 0.15) is 47.9 Å². The Balaban J connectivity index is 1.93. The van der Waals surface area contributed by atoms with Crippen molar-refractivity contribution in [1.82, 2.24) is 15.1 Å². The van der Waals surface area contributed by atoms with E-state index in [1.165, 1.54) is 6.07 Å². The second-order valence-electron chi connectivity index (χ2n) is 6.16. The zero-order valence-corrected chi connectivity index (χ0v) is 15.6. The first-order valence-electron chi connectivity index (χ1n) is 8.26. The van der Waals surface area contributed by atoms with Crippen LogP contribution in [0.25, 0.3) is 0 Å². The van der Waals surface area contributed by atoms with Gasteiger partial charge in [-0.2, -0.15) is 18.3 Å². The van der Waals surface area contributed by atoms with Gasteiger partial charge in [0.15, 0.2) is 11.7 Å². The van der Waals surface area contributed by atoms with Crippen molar-refractivity contribution >= 4 is 27.7 Å². The summed E-state index contributed by atoms with van der Waals surface area (Å²) < 4.78 is 42.5. The van der Waals surface area contributed by atoms with Crippen molar-refractivity contribution in [2.75, 3.05) is 11.9 Å². The zero-order chi connectivity index (χ0) is 18.9. The highest BCUT2D eigenvalue weighted by atomic mass is 79.9. The van der Waals surface area contributed by atoms with E-state index in [4.69, 9.17) is 0 Å². The first-order chi connectivity index (χ1) is 12.3. The van der Waals surface area contributed by atoms with E-state index >= 15 is 0 Å². The number of nitrogens with zero attached hydrogens (tertiary/aromatic N) is 2. The molecule has 9 heteroatoms. The Morgan fingerprint density at radius 2 is 2.08 bits per heavy atom. The lowest BCUT2D eigenvalue weighted by molar-refractivity contribution is -0.173. The average molecular weight is 431 g/mol. The summed E-state index contributed by atoms with van der Waals surface area (Å²) in [6, 6.07) is 6.18. The molecule has 140 valence electrons. The number of halogens is 4. The molecular weight excluding hydrogens is 413 g/mol. The summed E-state index contributed by atoms with van der Waals surface area (Å²) >= 11 is 3.32. The van der Waals surface area contributed by atoms with E-state index in [1.807, 2.05) is 6.92 Å². The van der Waals surface area contributed by atoms with Crippen LogP contribution in [0.15, 0.2) is 34.8 Å². The fourth-order valence-corrected chi connectivity index (χ4v) is 3.19. The molecule has 0 saturated carbocycles. The van der Waals surface area contributed by atoms with E-state index in [1.54, 1.807) is 24.3 Å². The summed E-state index contributed by atoms with van der Waals surface area (Å²) in [6.45, 7) is 2.33. The molecule has 1 amide bonds. The van der Waals surface area contributed by atoms with Gasteiger partial charge < -0.3 is 10.6 Å². The number of fused-ring (bicyclic) bond motifs is 1. The Labute approximate surface area is 157 Å². The lowest BCUT2D eigenvalue weighted by atomic mass is 9.97. The second kappa shape index (κ2) is 7.30. The number of alkyl halides is 3. The Kier molecular flexibility index (Phi) is 5.27. The number of hydrogen-bond acceptors (Lipinski definition) is 3. The average Bonchev–Trinajstić information content (AvgIpc) is 3.02. The number of rotatable bonds is 4. The second-order valence-corrected chi connectivity index (χ2v) is 7.07. The molecular formula is C17H18BrF3N4O. The molecule has 0 bridgehead atoms. The third-order valence-corrected chi connectivity index (χ3v) is 4.76. The predicted octanol–water partition coefficient (Wildman–Crippen LogP) is 4.45. The largest absolute Gasteiger partial charge is 0.410 e. The Hall–Kier alpha value is -2.03. The molecule has 0 spiro atoms. The number of amides is 1. The highest BCUT2D eigenvalue weighted by Crippen LogP contribution is 2.43. The summed E-state index contributed by atoms with van der Waals surface area (Å²) in [6.07, 6.45) is -3.93. The van der Waals surface area contributed by atoms with Gasteiger partial charge in [0.25, 0.3) is 5.91 Å². The molecule has 2 atom stereocenters. The summed E-state index contributed by atoms with van der Waals surface area (Å²) in [5.41, 5.74) is 0.721. The van der Waals surface area contributed by atoms with Crippen LogP contribution >= 0.6 is 15.9 Å². The zero-order valence-electron chi connectivity index (χ0n) is 14.0. The maximum absolute atomic E-state index is 13.6. The lowest BCUT2D eigenvalue weighted by Crippen LogP contribution is -2.35. The molecule has 3 rings (SSSR count). The topological polar surface area (TPSA) is 59.0 Å². The minimum atomic E-state index is -4.46. The van der Waals surface area contributed by atoms with Gasteiger partial charge in [0.05, 0.1) is 6.04 Å². The third-order valence-electron chi connectivity index (χ3n) is 4.23. The molecule has 0 unspecified atom stereocenters. The minimum Gasteiger partial charge on any atom is -0.363 e. The van der Waals surface area contributed by atoms with E-state index in [2.05, 4.69) is 31.7 Å². The van der Waals surface area contributed by atoms with Gasteiger partial charge >= 0.3 is 6.18 Å². The number of benzene rings is 1. The van der Waals surface area contributed by atoms with Crippen LogP contribution < -0.4 is 10.6 Å². The van der Waals surface area contributed by atoms with Crippen molar-refractivity contribution in [3.05, 3.63) is 46.1 Å². The van der Waals surface area contributed by atoms with E-state index in [9.17, 15) is 18.0 Å². The van der Waals surface area contributed by atoms with Crippen molar-refractivity contribution in [3.8, 4) is 0 Å². The van der Waals surface area contributed by atoms with Gasteiger partial charge in [0, 0.05) is 23.5 Å². The van der Waals surface area contributed by atoms with Crippen LogP contribution in [-0.2, 0) is 0 Å². The van der Waals surface area contributed by atoms with Crippen molar-refractivity contribution in [2.45, 2.75) is 38.0 Å². The monoisotopic (exact) mass is 430 g/mol. The highest BCUT2D eigenvalue weighted by molar-refractivity contribution is 9.10. The number of carbonyl (C=O) groups excluding carboxylic acids is 1. The van der Waals surface area contributed by atoms with Gasteiger partial charge in [-0.15, -0.1) is 0 Å². The maximum atomic E-state index is 13.6. The summed E-state index contributed by atoms with van der Waals surface area (Å²) in [5.74, 6) is -0.287. The molecule has 1 aliphatic rings. The molecule has 5 nitrogen and oxygen atoms in total. The molecule has 2 aromatic rings. The summed E-state index contributed by atoms with van der Waals surface area (Å²) in [4.78, 5) is 12.1. The first-order valence-corrected chi connectivity index (χ1v) is 9.05. The molecule has 0 fully saturated rings. The van der Waals surface area contributed by atoms with Gasteiger partial charge in [0.1, 0.15) is 5.82 Å². The van der Waals surface area contributed by atoms with E-state index < -0.39 is 24.2 Å². The molecule has 0 aliphatic carbocycles. The number of anilines is 1. The fraction of sp³-hybridized carbons (Fsp3) is 0.412. The van der Waals surface area contributed by atoms with Crippen LogP contribution in [0.5, 0.6) is 0 Å². The Bertz CT molecular complexity index is 788. The molecule has 26 heavy (non-hydrogen) atoms. The fourth-order valence-electron chi connectivity index (χ4n) is 2.93. The number of carbonyl (C=O) groups is 1. The molecule has 0 radical (unpaired) electrons. The number of nitrogens with one attached hydrogen (secondary N) is 2. The summed E-state index contributed by atoms with van der Waals surface area (Å²) in [7, 11) is 0. The molecule has 2 heterocycles. The van der Waals surface area contributed by atoms with Gasteiger partial charge in [-0.25, -0.2) is 4.68 Å². The Morgan fingerprint density at radius 1 is 1.38 bits per heavy atom. The van der Waals surface area contributed by atoms with Crippen molar-refractivity contribution in [1.29, 1.82) is 0 Å².